The highest BCUT2D eigenvalue weighted by molar-refractivity contribution is 6.62. The molecule has 0 radical (unpaired) electrons. The fourth-order valence-corrected chi connectivity index (χ4v) is 4.38. The lowest BCUT2D eigenvalue weighted by atomic mass is 9.78. The Balaban J connectivity index is 1.42. The number of likely N-dealkylation sites (tertiary alicyclic amines) is 1. The third-order valence-electron chi connectivity index (χ3n) is 7.08. The number of hydrogen-bond donors (Lipinski definition) is 1. The van der Waals surface area contributed by atoms with E-state index in [0.29, 0.717) is 24.4 Å². The molecule has 4 rings (SSSR count). The van der Waals surface area contributed by atoms with E-state index < -0.39 is 6.09 Å². The molecule has 26 heavy (non-hydrogen) atoms. The van der Waals surface area contributed by atoms with Gasteiger partial charge in [0, 0.05) is 13.1 Å². The van der Waals surface area contributed by atoms with Gasteiger partial charge in [-0.2, -0.15) is 0 Å². The van der Waals surface area contributed by atoms with Crippen LogP contribution >= 0.6 is 0 Å². The summed E-state index contributed by atoms with van der Waals surface area (Å²) in [6, 6.07) is 8.64. The Hall–Kier alpha value is -1.53. The molecule has 2 saturated heterocycles. The average molecular weight is 357 g/mol. The molecule has 1 atom stereocenters. The molecule has 1 spiro atoms. The number of benzene rings is 1. The predicted molar refractivity (Wildman–Crippen MR) is 101 cm³/mol. The number of nitrogens with zero attached hydrogens (tertiary/aromatic N) is 1. The number of rotatable bonds is 2. The Morgan fingerprint density at radius 2 is 1.62 bits per heavy atom. The van der Waals surface area contributed by atoms with Crippen LogP contribution in [0, 0.1) is 5.41 Å². The zero-order chi connectivity index (χ0) is 18.7. The topological polar surface area (TPSA) is 59.0 Å². The van der Waals surface area contributed by atoms with Gasteiger partial charge in [-0.15, -0.1) is 0 Å². The predicted octanol–water partition coefficient (Wildman–Crippen LogP) is 3.23. The number of carboxylic acid groups (broad SMARTS) is 1. The minimum atomic E-state index is -0.788. The van der Waals surface area contributed by atoms with Crippen LogP contribution in [0.5, 0.6) is 0 Å². The molecule has 2 aliphatic heterocycles. The molecule has 1 saturated carbocycles. The van der Waals surface area contributed by atoms with Crippen LogP contribution in [-0.2, 0) is 9.31 Å². The lowest BCUT2D eigenvalue weighted by molar-refractivity contribution is 0.00578. The van der Waals surface area contributed by atoms with Gasteiger partial charge >= 0.3 is 13.2 Å². The van der Waals surface area contributed by atoms with E-state index >= 15 is 0 Å². The second-order valence-corrected chi connectivity index (χ2v) is 9.14. The van der Waals surface area contributed by atoms with Crippen LogP contribution in [0.4, 0.5) is 4.79 Å². The zero-order valence-corrected chi connectivity index (χ0v) is 16.1. The number of hydrogen-bond acceptors (Lipinski definition) is 3. The third kappa shape index (κ3) is 2.83. The second kappa shape index (κ2) is 5.73. The molecule has 3 aliphatic rings. The molecular formula is C20H28BNO4. The van der Waals surface area contributed by atoms with Gasteiger partial charge in [-0.05, 0) is 69.3 Å². The summed E-state index contributed by atoms with van der Waals surface area (Å²) in [6.07, 6.45) is 2.34. The minimum Gasteiger partial charge on any atom is -0.465 e. The molecule has 2 heterocycles. The summed E-state index contributed by atoms with van der Waals surface area (Å²) < 4.78 is 12.3. The van der Waals surface area contributed by atoms with Crippen LogP contribution in [0.3, 0.4) is 0 Å². The Kier molecular flexibility index (Phi) is 3.94. The molecule has 5 nitrogen and oxygen atoms in total. The molecule has 1 aromatic carbocycles. The van der Waals surface area contributed by atoms with Crippen molar-refractivity contribution < 1.29 is 19.2 Å². The van der Waals surface area contributed by atoms with E-state index in [1.54, 1.807) is 4.90 Å². The molecule has 6 heteroatoms. The Morgan fingerprint density at radius 1 is 1.08 bits per heavy atom. The summed E-state index contributed by atoms with van der Waals surface area (Å²) in [7, 11) is -0.319. The van der Waals surface area contributed by atoms with Gasteiger partial charge in [0.15, 0.2) is 0 Å². The lowest BCUT2D eigenvalue weighted by Crippen LogP contribution is -2.41. The number of amides is 1. The molecule has 0 bridgehead atoms. The maximum atomic E-state index is 11.1. The number of carbonyl (C=O) groups is 1. The Labute approximate surface area is 155 Å². The summed E-state index contributed by atoms with van der Waals surface area (Å²) in [4.78, 5) is 12.6. The fraction of sp³-hybridized carbons (Fsp3) is 0.650. The molecule has 3 fully saturated rings. The molecule has 0 aromatic heterocycles. The van der Waals surface area contributed by atoms with Gasteiger partial charge in [0.2, 0.25) is 0 Å². The van der Waals surface area contributed by atoms with Crippen LogP contribution in [0.2, 0.25) is 0 Å². The van der Waals surface area contributed by atoms with E-state index in [0.717, 1.165) is 18.3 Å². The maximum absolute atomic E-state index is 11.1. The van der Waals surface area contributed by atoms with Crippen LogP contribution in [-0.4, -0.2) is 47.5 Å². The van der Waals surface area contributed by atoms with Crippen molar-refractivity contribution in [2.24, 2.45) is 5.41 Å². The van der Waals surface area contributed by atoms with Gasteiger partial charge in [-0.3, -0.25) is 0 Å². The van der Waals surface area contributed by atoms with Gasteiger partial charge < -0.3 is 19.3 Å². The van der Waals surface area contributed by atoms with Crippen molar-refractivity contribution in [1.82, 2.24) is 4.90 Å². The summed E-state index contributed by atoms with van der Waals surface area (Å²) in [5, 5.41) is 9.12. The average Bonchev–Trinajstić information content (AvgIpc) is 3.21. The lowest BCUT2D eigenvalue weighted by Gasteiger charge is -2.32. The Morgan fingerprint density at radius 3 is 2.12 bits per heavy atom. The van der Waals surface area contributed by atoms with Crippen molar-refractivity contribution in [3.05, 3.63) is 29.8 Å². The second-order valence-electron chi connectivity index (χ2n) is 9.14. The van der Waals surface area contributed by atoms with Crippen LogP contribution < -0.4 is 5.46 Å². The minimum absolute atomic E-state index is 0.317. The van der Waals surface area contributed by atoms with Gasteiger partial charge in [0.25, 0.3) is 0 Å². The highest BCUT2D eigenvalue weighted by Crippen LogP contribution is 2.64. The van der Waals surface area contributed by atoms with Gasteiger partial charge in [-0.1, -0.05) is 24.3 Å². The molecular weight excluding hydrogens is 329 g/mol. The molecule has 1 amide bonds. The SMILES string of the molecule is CC1(C)OB(c2ccc(C3CC34CCN(C(=O)O)CC4)cc2)OC1(C)C. The summed E-state index contributed by atoms with van der Waals surface area (Å²) in [5.74, 6) is 0.561. The van der Waals surface area contributed by atoms with Crippen molar-refractivity contribution >= 4 is 18.7 Å². The van der Waals surface area contributed by atoms with E-state index in [-0.39, 0.29) is 18.3 Å². The third-order valence-corrected chi connectivity index (χ3v) is 7.08. The first-order valence-electron chi connectivity index (χ1n) is 9.57. The van der Waals surface area contributed by atoms with Crippen LogP contribution in [0.1, 0.15) is 58.4 Å². The van der Waals surface area contributed by atoms with E-state index in [4.69, 9.17) is 14.4 Å². The zero-order valence-electron chi connectivity index (χ0n) is 16.1. The van der Waals surface area contributed by atoms with Gasteiger partial charge in [-0.25, -0.2) is 4.79 Å². The molecule has 1 aromatic rings. The number of piperidine rings is 1. The van der Waals surface area contributed by atoms with Crippen molar-refractivity contribution in [1.29, 1.82) is 0 Å². The van der Waals surface area contributed by atoms with Crippen molar-refractivity contribution in [3.8, 4) is 0 Å². The van der Waals surface area contributed by atoms with Crippen molar-refractivity contribution in [3.63, 3.8) is 0 Å². The maximum Gasteiger partial charge on any atom is 0.494 e. The molecule has 140 valence electrons. The van der Waals surface area contributed by atoms with Gasteiger partial charge in [0.1, 0.15) is 0 Å². The van der Waals surface area contributed by atoms with Gasteiger partial charge in [0.05, 0.1) is 11.2 Å². The quantitative estimate of drug-likeness (QED) is 0.826. The van der Waals surface area contributed by atoms with E-state index in [2.05, 4.69) is 52.0 Å². The Bertz CT molecular complexity index is 691. The first kappa shape index (κ1) is 17.9. The summed E-state index contributed by atoms with van der Waals surface area (Å²) in [5.41, 5.74) is 2.08. The molecule has 1 aliphatic carbocycles. The first-order chi connectivity index (χ1) is 12.1. The monoisotopic (exact) mass is 357 g/mol. The van der Waals surface area contributed by atoms with Crippen molar-refractivity contribution in [2.75, 3.05) is 13.1 Å². The smallest absolute Gasteiger partial charge is 0.465 e. The molecule has 1 unspecified atom stereocenters. The first-order valence-corrected chi connectivity index (χ1v) is 9.57. The summed E-state index contributed by atoms with van der Waals surface area (Å²) in [6.45, 7) is 9.60. The normalized spacial score (nSPS) is 28.4. The van der Waals surface area contributed by atoms with Crippen LogP contribution in [0.15, 0.2) is 24.3 Å². The summed E-state index contributed by atoms with van der Waals surface area (Å²) >= 11 is 0. The molecule has 1 N–H and O–H groups in total. The van der Waals surface area contributed by atoms with E-state index in [1.165, 1.54) is 12.0 Å². The fourth-order valence-electron chi connectivity index (χ4n) is 4.38. The standard InChI is InChI=1S/C20H28BNO4/c1-18(2)19(3,4)26-21(25-18)15-7-5-14(6-8-15)16-13-20(16)9-11-22(12-10-20)17(23)24/h5-8,16H,9-13H2,1-4H3,(H,23,24). The largest absolute Gasteiger partial charge is 0.494 e. The van der Waals surface area contributed by atoms with Crippen molar-refractivity contribution in [2.45, 2.75) is 64.1 Å². The van der Waals surface area contributed by atoms with E-state index in [9.17, 15) is 4.79 Å². The van der Waals surface area contributed by atoms with E-state index in [1.807, 2.05) is 0 Å². The van der Waals surface area contributed by atoms with Crippen LogP contribution in [0.25, 0.3) is 0 Å². The highest BCUT2D eigenvalue weighted by Gasteiger charge is 2.56. The highest BCUT2D eigenvalue weighted by atomic mass is 16.7.